The summed E-state index contributed by atoms with van der Waals surface area (Å²) in [6.07, 6.45) is 3.78. The lowest BCUT2D eigenvalue weighted by molar-refractivity contribution is 0.311. The highest BCUT2D eigenvalue weighted by Gasteiger charge is 2.04. The molecule has 5 nitrogen and oxygen atoms in total. The number of rotatable bonds is 10. The second-order valence-corrected chi connectivity index (χ2v) is 8.00. The summed E-state index contributed by atoms with van der Waals surface area (Å²) in [5.74, 6) is 1.70. The number of aromatic nitrogens is 1. The summed E-state index contributed by atoms with van der Waals surface area (Å²) in [6.45, 7) is 0.699. The molecule has 0 fully saturated rings. The molecular formula is C26H25N3O2S. The van der Waals surface area contributed by atoms with E-state index in [1.165, 1.54) is 16.9 Å². The van der Waals surface area contributed by atoms with E-state index in [2.05, 4.69) is 39.8 Å². The number of anilines is 1. The van der Waals surface area contributed by atoms with E-state index in [9.17, 15) is 0 Å². The molecule has 0 aliphatic carbocycles. The normalized spacial score (nSPS) is 10.9. The van der Waals surface area contributed by atoms with Crippen LogP contribution in [-0.2, 0) is 6.42 Å². The lowest BCUT2D eigenvalue weighted by Crippen LogP contribution is -1.99. The molecule has 0 unspecified atom stereocenters. The summed E-state index contributed by atoms with van der Waals surface area (Å²) < 4.78 is 11.0. The van der Waals surface area contributed by atoms with Crippen molar-refractivity contribution >= 4 is 22.7 Å². The average Bonchev–Trinajstić information content (AvgIpc) is 3.32. The smallest absolute Gasteiger partial charge is 0.203 e. The van der Waals surface area contributed by atoms with Crippen LogP contribution in [0.25, 0.3) is 11.3 Å². The van der Waals surface area contributed by atoms with Crippen LogP contribution in [0.3, 0.4) is 0 Å². The second kappa shape index (κ2) is 11.1. The Hall–Kier alpha value is -3.64. The van der Waals surface area contributed by atoms with Crippen molar-refractivity contribution in [2.24, 2.45) is 5.10 Å². The highest BCUT2D eigenvalue weighted by molar-refractivity contribution is 7.14. The van der Waals surface area contributed by atoms with Gasteiger partial charge in [-0.05, 0) is 72.5 Å². The van der Waals surface area contributed by atoms with Crippen LogP contribution in [0.5, 0.6) is 11.5 Å². The van der Waals surface area contributed by atoms with Crippen molar-refractivity contribution in [1.82, 2.24) is 4.98 Å². The van der Waals surface area contributed by atoms with Crippen LogP contribution >= 0.6 is 11.3 Å². The third-order valence-corrected chi connectivity index (χ3v) is 5.61. The molecule has 162 valence electrons. The van der Waals surface area contributed by atoms with E-state index in [0.717, 1.165) is 46.3 Å². The van der Waals surface area contributed by atoms with Crippen LogP contribution in [0.2, 0.25) is 0 Å². The van der Waals surface area contributed by atoms with Gasteiger partial charge < -0.3 is 9.47 Å². The number of hydrazone groups is 1. The minimum Gasteiger partial charge on any atom is -0.497 e. The number of ether oxygens (including phenoxy) is 2. The molecule has 1 aromatic heterocycles. The standard InChI is InChI=1S/C26H25N3O2S/c1-30-23-15-11-22(12-16-23)25-19-32-26(28-25)29-27-18-21-9-13-24(14-10-21)31-17-5-8-20-6-3-2-4-7-20/h2-4,6-7,9-16,18-19H,5,8,17H2,1H3,(H,28,29)/b27-18-. The maximum Gasteiger partial charge on any atom is 0.203 e. The van der Waals surface area contributed by atoms with Gasteiger partial charge in [-0.1, -0.05) is 30.3 Å². The molecule has 0 bridgehead atoms. The molecule has 0 aliphatic rings. The summed E-state index contributed by atoms with van der Waals surface area (Å²) in [6, 6.07) is 26.2. The van der Waals surface area contributed by atoms with Gasteiger partial charge >= 0.3 is 0 Å². The summed E-state index contributed by atoms with van der Waals surface area (Å²) in [4.78, 5) is 4.58. The predicted molar refractivity (Wildman–Crippen MR) is 132 cm³/mol. The molecule has 0 saturated heterocycles. The van der Waals surface area contributed by atoms with Crippen LogP contribution in [0.1, 0.15) is 17.5 Å². The molecule has 0 spiro atoms. The first-order valence-corrected chi connectivity index (χ1v) is 11.3. The second-order valence-electron chi connectivity index (χ2n) is 7.14. The number of aryl methyl sites for hydroxylation is 1. The van der Waals surface area contributed by atoms with Crippen LogP contribution in [0.15, 0.2) is 89.3 Å². The minimum atomic E-state index is 0.699. The molecule has 0 aliphatic heterocycles. The fraction of sp³-hybridized carbons (Fsp3) is 0.154. The van der Waals surface area contributed by atoms with Crippen LogP contribution in [-0.4, -0.2) is 24.9 Å². The molecule has 32 heavy (non-hydrogen) atoms. The van der Waals surface area contributed by atoms with Gasteiger partial charge in [-0.15, -0.1) is 11.3 Å². The quantitative estimate of drug-likeness (QED) is 0.178. The van der Waals surface area contributed by atoms with Gasteiger partial charge in [0.1, 0.15) is 11.5 Å². The van der Waals surface area contributed by atoms with Crippen molar-refractivity contribution in [3.8, 4) is 22.8 Å². The van der Waals surface area contributed by atoms with Gasteiger partial charge in [0.05, 0.1) is 25.6 Å². The van der Waals surface area contributed by atoms with E-state index in [-0.39, 0.29) is 0 Å². The first kappa shape index (κ1) is 21.6. The SMILES string of the molecule is COc1ccc(-c2csc(N/N=C\c3ccc(OCCCc4ccccc4)cc3)n2)cc1. The number of methoxy groups -OCH3 is 1. The maximum absolute atomic E-state index is 5.84. The van der Waals surface area contributed by atoms with Crippen LogP contribution in [0.4, 0.5) is 5.13 Å². The summed E-state index contributed by atoms with van der Waals surface area (Å²) in [7, 11) is 1.66. The van der Waals surface area contributed by atoms with Gasteiger partial charge in [0, 0.05) is 10.9 Å². The summed E-state index contributed by atoms with van der Waals surface area (Å²) in [5.41, 5.74) is 7.27. The molecule has 1 N–H and O–H groups in total. The topological polar surface area (TPSA) is 55.7 Å². The zero-order valence-electron chi connectivity index (χ0n) is 17.9. The van der Waals surface area contributed by atoms with Gasteiger partial charge in [0.25, 0.3) is 0 Å². The molecule has 0 saturated carbocycles. The number of hydrogen-bond acceptors (Lipinski definition) is 6. The van der Waals surface area contributed by atoms with Crippen molar-refractivity contribution in [3.05, 3.63) is 95.4 Å². The van der Waals surface area contributed by atoms with E-state index < -0.39 is 0 Å². The highest BCUT2D eigenvalue weighted by Crippen LogP contribution is 2.26. The molecular weight excluding hydrogens is 418 g/mol. The Morgan fingerprint density at radius 2 is 1.69 bits per heavy atom. The molecule has 0 atom stereocenters. The van der Waals surface area contributed by atoms with Gasteiger partial charge in [-0.3, -0.25) is 5.43 Å². The van der Waals surface area contributed by atoms with E-state index >= 15 is 0 Å². The van der Waals surface area contributed by atoms with Crippen molar-refractivity contribution in [3.63, 3.8) is 0 Å². The number of thiazole rings is 1. The van der Waals surface area contributed by atoms with E-state index in [4.69, 9.17) is 9.47 Å². The average molecular weight is 444 g/mol. The molecule has 1 heterocycles. The first-order chi connectivity index (χ1) is 15.8. The summed E-state index contributed by atoms with van der Waals surface area (Å²) in [5, 5.41) is 7.04. The van der Waals surface area contributed by atoms with Gasteiger partial charge in [0.15, 0.2) is 0 Å². The largest absolute Gasteiger partial charge is 0.497 e. The molecule has 0 amide bonds. The zero-order valence-corrected chi connectivity index (χ0v) is 18.7. The maximum atomic E-state index is 5.84. The first-order valence-electron chi connectivity index (χ1n) is 10.5. The Labute approximate surface area is 192 Å². The van der Waals surface area contributed by atoms with Crippen LogP contribution < -0.4 is 14.9 Å². The summed E-state index contributed by atoms with van der Waals surface area (Å²) >= 11 is 1.51. The Kier molecular flexibility index (Phi) is 7.50. The third kappa shape index (κ3) is 6.18. The monoisotopic (exact) mass is 443 g/mol. The van der Waals surface area contributed by atoms with Crippen molar-refractivity contribution in [2.75, 3.05) is 19.1 Å². The van der Waals surface area contributed by atoms with Gasteiger partial charge in [0.2, 0.25) is 5.13 Å². The molecule has 0 radical (unpaired) electrons. The lowest BCUT2D eigenvalue weighted by Gasteiger charge is -2.06. The van der Waals surface area contributed by atoms with Gasteiger partial charge in [-0.25, -0.2) is 4.98 Å². The Morgan fingerprint density at radius 3 is 2.44 bits per heavy atom. The number of hydrogen-bond donors (Lipinski definition) is 1. The molecule has 6 heteroatoms. The molecule has 4 aromatic rings. The Bertz CT molecular complexity index is 1120. The van der Waals surface area contributed by atoms with Crippen molar-refractivity contribution in [1.29, 1.82) is 0 Å². The third-order valence-electron chi connectivity index (χ3n) is 4.87. The fourth-order valence-corrected chi connectivity index (χ4v) is 3.81. The van der Waals surface area contributed by atoms with E-state index in [0.29, 0.717) is 6.61 Å². The lowest BCUT2D eigenvalue weighted by atomic mass is 10.1. The Balaban J connectivity index is 1.23. The zero-order chi connectivity index (χ0) is 22.0. The minimum absolute atomic E-state index is 0.699. The van der Waals surface area contributed by atoms with Crippen molar-refractivity contribution in [2.45, 2.75) is 12.8 Å². The van der Waals surface area contributed by atoms with E-state index in [1.807, 2.05) is 60.0 Å². The number of nitrogens with zero attached hydrogens (tertiary/aromatic N) is 2. The molecule has 4 rings (SSSR count). The van der Waals surface area contributed by atoms with Crippen LogP contribution in [0, 0.1) is 0 Å². The van der Waals surface area contributed by atoms with E-state index in [1.54, 1.807) is 13.3 Å². The number of nitrogens with one attached hydrogen (secondary N) is 1. The highest BCUT2D eigenvalue weighted by atomic mass is 32.1. The Morgan fingerprint density at radius 1 is 0.938 bits per heavy atom. The number of benzene rings is 3. The predicted octanol–water partition coefficient (Wildman–Crippen LogP) is 6.28. The van der Waals surface area contributed by atoms with Crippen molar-refractivity contribution < 1.29 is 9.47 Å². The molecule has 3 aromatic carbocycles. The van der Waals surface area contributed by atoms with Gasteiger partial charge in [-0.2, -0.15) is 5.10 Å². The fourth-order valence-electron chi connectivity index (χ4n) is 3.14.